The van der Waals surface area contributed by atoms with Gasteiger partial charge < -0.3 is 4.57 Å². The van der Waals surface area contributed by atoms with Crippen molar-refractivity contribution in [3.63, 3.8) is 0 Å². The second kappa shape index (κ2) is 16.3. The molecule has 1 unspecified atom stereocenters. The van der Waals surface area contributed by atoms with Crippen molar-refractivity contribution in [2.45, 2.75) is 116 Å². The van der Waals surface area contributed by atoms with Crippen molar-refractivity contribution in [3.05, 3.63) is 54.6 Å². The van der Waals surface area contributed by atoms with E-state index in [0.717, 1.165) is 6.42 Å². The van der Waals surface area contributed by atoms with Gasteiger partial charge in [-0.05, 0) is 24.8 Å². The van der Waals surface area contributed by atoms with Crippen LogP contribution in [0.2, 0.25) is 0 Å². The molecule has 162 valence electrons. The number of aromatic nitrogens is 2. The molecule has 0 aliphatic rings. The number of aryl methyl sites for hydroxylation is 1. The Bertz CT molecular complexity index is 576. The van der Waals surface area contributed by atoms with Crippen LogP contribution in [0.25, 0.3) is 0 Å². The van der Waals surface area contributed by atoms with E-state index in [1.165, 1.54) is 102 Å². The van der Waals surface area contributed by atoms with E-state index in [0.29, 0.717) is 6.04 Å². The molecule has 0 saturated heterocycles. The van der Waals surface area contributed by atoms with Gasteiger partial charge in [0.15, 0.2) is 0 Å². The number of imidazole rings is 1. The van der Waals surface area contributed by atoms with Crippen LogP contribution in [-0.2, 0) is 6.42 Å². The third-order valence-corrected chi connectivity index (χ3v) is 6.20. The maximum atomic E-state index is 4.27. The van der Waals surface area contributed by atoms with E-state index < -0.39 is 0 Å². The van der Waals surface area contributed by atoms with Crippen molar-refractivity contribution in [3.8, 4) is 0 Å². The van der Waals surface area contributed by atoms with E-state index in [9.17, 15) is 0 Å². The first-order valence-corrected chi connectivity index (χ1v) is 12.4. The molecule has 0 fully saturated rings. The first-order valence-electron chi connectivity index (χ1n) is 12.4. The van der Waals surface area contributed by atoms with E-state index in [1.807, 2.05) is 12.5 Å². The zero-order valence-electron chi connectivity index (χ0n) is 18.9. The highest BCUT2D eigenvalue weighted by Crippen LogP contribution is 2.22. The van der Waals surface area contributed by atoms with Gasteiger partial charge in [-0.25, -0.2) is 4.98 Å². The van der Waals surface area contributed by atoms with Gasteiger partial charge in [-0.1, -0.05) is 121 Å². The molecule has 29 heavy (non-hydrogen) atoms. The fraction of sp³-hybridized carbons (Fsp3) is 0.667. The highest BCUT2D eigenvalue weighted by atomic mass is 15.0. The minimum absolute atomic E-state index is 0.588. The lowest BCUT2D eigenvalue weighted by molar-refractivity contribution is 0.411. The van der Waals surface area contributed by atoms with Crippen LogP contribution in [0.5, 0.6) is 0 Å². The number of nitrogens with zero attached hydrogens (tertiary/aromatic N) is 2. The fourth-order valence-corrected chi connectivity index (χ4v) is 4.30. The molecule has 2 heteroatoms. The Morgan fingerprint density at radius 3 is 1.86 bits per heavy atom. The number of benzene rings is 1. The Morgan fingerprint density at radius 2 is 1.31 bits per heavy atom. The summed E-state index contributed by atoms with van der Waals surface area (Å²) in [5, 5.41) is 0. The third-order valence-electron chi connectivity index (χ3n) is 6.20. The summed E-state index contributed by atoms with van der Waals surface area (Å²) in [6.07, 6.45) is 28.2. The molecule has 0 amide bonds. The Labute approximate surface area is 180 Å². The van der Waals surface area contributed by atoms with E-state index in [4.69, 9.17) is 0 Å². The Morgan fingerprint density at radius 1 is 0.724 bits per heavy atom. The molecule has 0 bridgehead atoms. The first-order chi connectivity index (χ1) is 14.4. The summed E-state index contributed by atoms with van der Waals surface area (Å²) in [6, 6.07) is 11.5. The topological polar surface area (TPSA) is 17.8 Å². The SMILES string of the molecule is CCCCCCCCCCCCCCCC(CCc1ccccc1)n1ccnc1. The van der Waals surface area contributed by atoms with E-state index >= 15 is 0 Å². The molecule has 2 aromatic rings. The molecular weight excluding hydrogens is 352 g/mol. The van der Waals surface area contributed by atoms with Crippen molar-refractivity contribution in [2.24, 2.45) is 0 Å². The number of unbranched alkanes of at least 4 members (excludes halogenated alkanes) is 12. The Kier molecular flexibility index (Phi) is 13.3. The summed E-state index contributed by atoms with van der Waals surface area (Å²) in [5.41, 5.74) is 1.45. The van der Waals surface area contributed by atoms with Gasteiger partial charge in [-0.15, -0.1) is 0 Å². The number of hydrogen-bond donors (Lipinski definition) is 0. The summed E-state index contributed by atoms with van der Waals surface area (Å²) in [4.78, 5) is 4.27. The van der Waals surface area contributed by atoms with Crippen molar-refractivity contribution in [1.82, 2.24) is 9.55 Å². The predicted octanol–water partition coefficient (Wildman–Crippen LogP) is 8.54. The molecular formula is C27H44N2. The van der Waals surface area contributed by atoms with Crippen LogP contribution in [0.3, 0.4) is 0 Å². The lowest BCUT2D eigenvalue weighted by atomic mass is 9.99. The van der Waals surface area contributed by atoms with Gasteiger partial charge in [-0.3, -0.25) is 0 Å². The van der Waals surface area contributed by atoms with Crippen molar-refractivity contribution in [2.75, 3.05) is 0 Å². The molecule has 2 nitrogen and oxygen atoms in total. The van der Waals surface area contributed by atoms with Gasteiger partial charge >= 0.3 is 0 Å². The van der Waals surface area contributed by atoms with Crippen LogP contribution >= 0.6 is 0 Å². The Balaban J connectivity index is 1.50. The lowest BCUT2D eigenvalue weighted by Crippen LogP contribution is -2.08. The smallest absolute Gasteiger partial charge is 0.0948 e. The molecule has 1 aromatic carbocycles. The lowest BCUT2D eigenvalue weighted by Gasteiger charge is -2.18. The minimum Gasteiger partial charge on any atom is -0.334 e. The van der Waals surface area contributed by atoms with E-state index in [1.54, 1.807) is 0 Å². The van der Waals surface area contributed by atoms with Crippen molar-refractivity contribution < 1.29 is 0 Å². The average Bonchev–Trinajstić information content (AvgIpc) is 3.29. The van der Waals surface area contributed by atoms with Crippen LogP contribution in [-0.4, -0.2) is 9.55 Å². The quantitative estimate of drug-likeness (QED) is 0.231. The van der Waals surface area contributed by atoms with Crippen molar-refractivity contribution >= 4 is 0 Å². The molecule has 0 aliphatic carbocycles. The summed E-state index contributed by atoms with van der Waals surface area (Å²) in [5.74, 6) is 0. The summed E-state index contributed by atoms with van der Waals surface area (Å²) in [7, 11) is 0. The standard InChI is InChI=1S/C27H44N2/c1-2-3-4-5-6-7-8-9-10-11-12-13-17-20-27(29-24-23-28-25-29)22-21-26-18-15-14-16-19-26/h14-16,18-19,23-25,27H,2-13,17,20-22H2,1H3. The Hall–Kier alpha value is -1.57. The molecule has 0 aliphatic heterocycles. The van der Waals surface area contributed by atoms with Crippen molar-refractivity contribution in [1.29, 1.82) is 0 Å². The monoisotopic (exact) mass is 396 g/mol. The zero-order valence-corrected chi connectivity index (χ0v) is 18.9. The highest BCUT2D eigenvalue weighted by molar-refractivity contribution is 5.14. The van der Waals surface area contributed by atoms with Crippen LogP contribution < -0.4 is 0 Å². The van der Waals surface area contributed by atoms with Gasteiger partial charge in [0.1, 0.15) is 0 Å². The van der Waals surface area contributed by atoms with Gasteiger partial charge in [0.2, 0.25) is 0 Å². The average molecular weight is 397 g/mol. The van der Waals surface area contributed by atoms with E-state index in [2.05, 4.69) is 53.0 Å². The molecule has 1 heterocycles. The maximum Gasteiger partial charge on any atom is 0.0948 e. The minimum atomic E-state index is 0.588. The largest absolute Gasteiger partial charge is 0.334 e. The van der Waals surface area contributed by atoms with Gasteiger partial charge in [0.05, 0.1) is 6.33 Å². The third kappa shape index (κ3) is 11.3. The van der Waals surface area contributed by atoms with Crippen LogP contribution in [0, 0.1) is 0 Å². The molecule has 0 N–H and O–H groups in total. The molecule has 0 saturated carbocycles. The predicted molar refractivity (Wildman–Crippen MR) is 126 cm³/mol. The second-order valence-corrected chi connectivity index (χ2v) is 8.72. The molecule has 1 atom stereocenters. The fourth-order valence-electron chi connectivity index (χ4n) is 4.30. The normalized spacial score (nSPS) is 12.3. The molecule has 1 aromatic heterocycles. The number of hydrogen-bond acceptors (Lipinski definition) is 1. The molecule has 2 rings (SSSR count). The molecule has 0 spiro atoms. The van der Waals surface area contributed by atoms with Gasteiger partial charge in [0.25, 0.3) is 0 Å². The summed E-state index contributed by atoms with van der Waals surface area (Å²) < 4.78 is 2.32. The maximum absolute atomic E-state index is 4.27. The van der Waals surface area contributed by atoms with E-state index in [-0.39, 0.29) is 0 Å². The van der Waals surface area contributed by atoms with Crippen LogP contribution in [0.15, 0.2) is 49.1 Å². The number of rotatable bonds is 18. The van der Waals surface area contributed by atoms with Gasteiger partial charge in [-0.2, -0.15) is 0 Å². The van der Waals surface area contributed by atoms with Crippen LogP contribution in [0.4, 0.5) is 0 Å². The summed E-state index contributed by atoms with van der Waals surface area (Å²) in [6.45, 7) is 2.29. The molecule has 0 radical (unpaired) electrons. The second-order valence-electron chi connectivity index (χ2n) is 8.72. The highest BCUT2D eigenvalue weighted by Gasteiger charge is 2.10. The first kappa shape index (κ1) is 23.7. The van der Waals surface area contributed by atoms with Crippen LogP contribution in [0.1, 0.15) is 115 Å². The summed E-state index contributed by atoms with van der Waals surface area (Å²) >= 11 is 0. The zero-order chi connectivity index (χ0) is 20.4. The van der Waals surface area contributed by atoms with Gasteiger partial charge in [0, 0.05) is 18.4 Å².